The summed E-state index contributed by atoms with van der Waals surface area (Å²) in [5, 5.41) is 9.85. The highest BCUT2D eigenvalue weighted by Crippen LogP contribution is 2.33. The van der Waals surface area contributed by atoms with Crippen LogP contribution in [0, 0.1) is 0 Å². The molecule has 0 radical (unpaired) electrons. The van der Waals surface area contributed by atoms with Gasteiger partial charge in [-0.2, -0.15) is 18.3 Å². The van der Waals surface area contributed by atoms with Gasteiger partial charge in [-0.05, 0) is 76.1 Å². The van der Waals surface area contributed by atoms with E-state index in [-0.39, 0.29) is 11.6 Å². The molecule has 0 unspecified atom stereocenters. The van der Waals surface area contributed by atoms with Gasteiger partial charge in [-0.25, -0.2) is 4.79 Å². The Hall–Kier alpha value is -4.06. The van der Waals surface area contributed by atoms with Crippen LogP contribution in [-0.2, 0) is 18.0 Å². The lowest BCUT2D eigenvalue weighted by atomic mass is 10.1. The minimum absolute atomic E-state index is 0.0622. The summed E-state index contributed by atoms with van der Waals surface area (Å²) in [4.78, 5) is 27.1. The number of likely N-dealkylation sites (tertiary alicyclic amines) is 1. The molecule has 2 heterocycles. The average molecular weight is 588 g/mol. The predicted molar refractivity (Wildman–Crippen MR) is 152 cm³/mol. The van der Waals surface area contributed by atoms with Crippen molar-refractivity contribution >= 4 is 17.7 Å². The molecule has 1 fully saturated rings. The van der Waals surface area contributed by atoms with E-state index in [4.69, 9.17) is 9.47 Å². The van der Waals surface area contributed by atoms with Crippen molar-refractivity contribution < 1.29 is 32.2 Å². The zero-order valence-corrected chi connectivity index (χ0v) is 24.1. The van der Waals surface area contributed by atoms with Crippen molar-refractivity contribution in [2.24, 2.45) is 7.05 Å². The minimum atomic E-state index is -4.55. The molecule has 0 bridgehead atoms. The highest BCUT2D eigenvalue weighted by atomic mass is 19.4. The summed E-state index contributed by atoms with van der Waals surface area (Å²) in [6, 6.07) is 11.2. The van der Waals surface area contributed by atoms with Gasteiger partial charge in [0.1, 0.15) is 18.0 Å². The molecule has 1 aliphatic heterocycles. The third-order valence-electron chi connectivity index (χ3n) is 6.76. The Morgan fingerprint density at radius 2 is 1.79 bits per heavy atom. The number of hydrogen-bond acceptors (Lipinski definition) is 6. The van der Waals surface area contributed by atoms with Gasteiger partial charge in [-0.1, -0.05) is 6.07 Å². The van der Waals surface area contributed by atoms with E-state index in [9.17, 15) is 22.8 Å². The zero-order valence-electron chi connectivity index (χ0n) is 24.1. The fraction of sp³-hybridized carbons (Fsp3) is 0.433. The van der Waals surface area contributed by atoms with Gasteiger partial charge in [0.25, 0.3) is 5.91 Å². The monoisotopic (exact) mass is 587 g/mol. The number of piperidine rings is 1. The fourth-order valence-electron chi connectivity index (χ4n) is 4.67. The normalized spacial score (nSPS) is 14.8. The van der Waals surface area contributed by atoms with Crippen LogP contribution in [-0.4, -0.2) is 64.6 Å². The van der Waals surface area contributed by atoms with Crippen LogP contribution in [0.4, 0.5) is 23.7 Å². The first kappa shape index (κ1) is 30.9. The van der Waals surface area contributed by atoms with Gasteiger partial charge < -0.3 is 20.1 Å². The van der Waals surface area contributed by atoms with Crippen molar-refractivity contribution in [2.75, 3.05) is 31.6 Å². The molecule has 9 nitrogen and oxygen atoms in total. The molecule has 0 aliphatic carbocycles. The van der Waals surface area contributed by atoms with Crippen LogP contribution in [0.2, 0.25) is 0 Å². The predicted octanol–water partition coefficient (Wildman–Crippen LogP) is 5.73. The summed E-state index contributed by atoms with van der Waals surface area (Å²) in [6.45, 7) is 8.19. The third-order valence-corrected chi connectivity index (χ3v) is 6.76. The molecule has 0 saturated carbocycles. The summed E-state index contributed by atoms with van der Waals surface area (Å²) in [5.74, 6) is -0.0765. The molecule has 12 heteroatoms. The SMILES string of the molecule is Cn1nccc1-c1cc(NC(=O)c2cccc(C(F)(F)F)c2)ccc1OCCN1CCC(NC(=O)OC(C)(C)C)CC1. The number of aromatic nitrogens is 2. The van der Waals surface area contributed by atoms with Gasteiger partial charge in [-0.3, -0.25) is 14.4 Å². The van der Waals surface area contributed by atoms with Crippen molar-refractivity contribution in [3.63, 3.8) is 0 Å². The van der Waals surface area contributed by atoms with Crippen molar-refractivity contribution in [3.8, 4) is 17.0 Å². The molecule has 1 saturated heterocycles. The van der Waals surface area contributed by atoms with Gasteiger partial charge in [0, 0.05) is 55.7 Å². The number of amides is 2. The number of aryl methyl sites for hydroxylation is 1. The first-order chi connectivity index (χ1) is 19.8. The van der Waals surface area contributed by atoms with E-state index in [0.29, 0.717) is 30.2 Å². The maximum absolute atomic E-state index is 13.1. The Morgan fingerprint density at radius 1 is 1.05 bits per heavy atom. The van der Waals surface area contributed by atoms with Gasteiger partial charge in [0.2, 0.25) is 0 Å². The minimum Gasteiger partial charge on any atom is -0.492 e. The Kier molecular flexibility index (Phi) is 9.45. The summed E-state index contributed by atoms with van der Waals surface area (Å²) < 4.78 is 52.5. The van der Waals surface area contributed by atoms with E-state index in [1.807, 2.05) is 26.8 Å². The highest BCUT2D eigenvalue weighted by Gasteiger charge is 2.31. The molecule has 2 N–H and O–H groups in total. The maximum Gasteiger partial charge on any atom is 0.416 e. The number of carbonyl (C=O) groups is 2. The second kappa shape index (κ2) is 12.8. The summed E-state index contributed by atoms with van der Waals surface area (Å²) in [6.07, 6.45) is -1.70. The lowest BCUT2D eigenvalue weighted by Gasteiger charge is -2.32. The second-order valence-electron chi connectivity index (χ2n) is 11.2. The van der Waals surface area contributed by atoms with Crippen molar-refractivity contribution in [3.05, 3.63) is 65.9 Å². The molecule has 4 rings (SSSR count). The molecule has 0 atom stereocenters. The van der Waals surface area contributed by atoms with E-state index in [1.54, 1.807) is 36.1 Å². The number of benzene rings is 2. The second-order valence-corrected chi connectivity index (χ2v) is 11.2. The molecule has 2 amide bonds. The number of alkyl carbamates (subject to hydrolysis) is 1. The quantitative estimate of drug-likeness (QED) is 0.350. The van der Waals surface area contributed by atoms with Crippen LogP contribution in [0.15, 0.2) is 54.7 Å². The van der Waals surface area contributed by atoms with Crippen LogP contribution >= 0.6 is 0 Å². The molecule has 2 aromatic carbocycles. The average Bonchev–Trinajstić information content (AvgIpc) is 3.34. The number of rotatable bonds is 8. The molecule has 1 aliphatic rings. The van der Waals surface area contributed by atoms with Gasteiger partial charge in [-0.15, -0.1) is 0 Å². The number of anilines is 1. The lowest BCUT2D eigenvalue weighted by Crippen LogP contribution is -2.46. The molecule has 226 valence electrons. The Bertz CT molecular complexity index is 1390. The lowest BCUT2D eigenvalue weighted by molar-refractivity contribution is -0.137. The molecular weight excluding hydrogens is 551 g/mol. The van der Waals surface area contributed by atoms with Crippen LogP contribution in [0.3, 0.4) is 0 Å². The number of alkyl halides is 3. The number of ether oxygens (including phenoxy) is 2. The number of carbonyl (C=O) groups excluding carboxylic acids is 2. The number of halogens is 3. The van der Waals surface area contributed by atoms with Gasteiger partial charge >= 0.3 is 12.3 Å². The first-order valence-electron chi connectivity index (χ1n) is 13.7. The standard InChI is InChI=1S/C30H36F3N5O4/c1-29(2,3)42-28(40)36-22-11-14-38(15-12-22)16-17-41-26-9-8-23(19-24(26)25-10-13-34-37(25)4)35-27(39)20-6-5-7-21(18-20)30(31,32)33/h5-10,13,18-19,22H,11-12,14-17H2,1-4H3,(H,35,39)(H,36,40). The van der Waals surface area contributed by atoms with Crippen molar-refractivity contribution in [1.29, 1.82) is 0 Å². The highest BCUT2D eigenvalue weighted by molar-refractivity contribution is 6.04. The molecule has 1 aromatic heterocycles. The Balaban J connectivity index is 1.37. The molecule has 42 heavy (non-hydrogen) atoms. The van der Waals surface area contributed by atoms with Crippen LogP contribution < -0.4 is 15.4 Å². The van der Waals surface area contributed by atoms with Crippen LogP contribution in [0.25, 0.3) is 11.3 Å². The molecule has 0 spiro atoms. The summed E-state index contributed by atoms with van der Waals surface area (Å²) in [7, 11) is 1.78. The fourth-order valence-corrected chi connectivity index (χ4v) is 4.67. The van der Waals surface area contributed by atoms with Crippen LogP contribution in [0.5, 0.6) is 5.75 Å². The van der Waals surface area contributed by atoms with E-state index in [1.165, 1.54) is 12.1 Å². The Labute approximate surface area is 243 Å². The smallest absolute Gasteiger partial charge is 0.416 e. The van der Waals surface area contributed by atoms with Gasteiger partial charge in [0.05, 0.1) is 11.3 Å². The van der Waals surface area contributed by atoms with E-state index in [2.05, 4.69) is 20.6 Å². The number of nitrogens with zero attached hydrogens (tertiary/aromatic N) is 3. The number of nitrogens with one attached hydrogen (secondary N) is 2. The summed E-state index contributed by atoms with van der Waals surface area (Å²) >= 11 is 0. The third kappa shape index (κ3) is 8.48. The maximum atomic E-state index is 13.1. The first-order valence-corrected chi connectivity index (χ1v) is 13.7. The van der Waals surface area contributed by atoms with E-state index < -0.39 is 29.3 Å². The molecular formula is C30H36F3N5O4. The van der Waals surface area contributed by atoms with Crippen LogP contribution in [0.1, 0.15) is 49.5 Å². The van der Waals surface area contributed by atoms with Crippen molar-refractivity contribution in [2.45, 2.75) is 51.4 Å². The van der Waals surface area contributed by atoms with Gasteiger partial charge in [0.15, 0.2) is 0 Å². The van der Waals surface area contributed by atoms with E-state index >= 15 is 0 Å². The Morgan fingerprint density at radius 3 is 2.43 bits per heavy atom. The largest absolute Gasteiger partial charge is 0.492 e. The number of hydrogen-bond donors (Lipinski definition) is 2. The summed E-state index contributed by atoms with van der Waals surface area (Å²) in [5.41, 5.74) is 0.296. The van der Waals surface area contributed by atoms with E-state index in [0.717, 1.165) is 43.8 Å². The van der Waals surface area contributed by atoms with Crippen molar-refractivity contribution in [1.82, 2.24) is 20.0 Å². The molecule has 3 aromatic rings. The zero-order chi connectivity index (χ0) is 30.5. The topological polar surface area (TPSA) is 97.7 Å².